The van der Waals surface area contributed by atoms with Crippen LogP contribution in [0.2, 0.25) is 0 Å². The summed E-state index contributed by atoms with van der Waals surface area (Å²) in [6, 6.07) is 0. The molecule has 2 N–H and O–H groups in total. The van der Waals surface area contributed by atoms with Crippen molar-refractivity contribution in [2.24, 2.45) is 11.3 Å². The summed E-state index contributed by atoms with van der Waals surface area (Å²) in [5, 5.41) is 20.3. The first-order chi connectivity index (χ1) is 6.78. The summed E-state index contributed by atoms with van der Waals surface area (Å²) in [7, 11) is 0. The average molecular weight is 212 g/mol. The van der Waals surface area contributed by atoms with Crippen LogP contribution in [0.1, 0.15) is 46.5 Å². The van der Waals surface area contributed by atoms with Gasteiger partial charge in [0.25, 0.3) is 0 Å². The Morgan fingerprint density at radius 1 is 1.47 bits per heavy atom. The molecular weight excluding hydrogens is 188 g/mol. The lowest BCUT2D eigenvalue weighted by Crippen LogP contribution is -2.45. The minimum absolute atomic E-state index is 0.120. The summed E-state index contributed by atoms with van der Waals surface area (Å²) in [6.07, 6.45) is 4.10. The van der Waals surface area contributed by atoms with E-state index in [1.807, 2.05) is 0 Å². The summed E-state index contributed by atoms with van der Waals surface area (Å²) in [5.41, 5.74) is -0.599. The van der Waals surface area contributed by atoms with Gasteiger partial charge in [0, 0.05) is 6.42 Å². The fourth-order valence-corrected chi connectivity index (χ4v) is 2.71. The zero-order valence-corrected chi connectivity index (χ0v) is 10.2. The fraction of sp³-hybridized carbons (Fsp3) is 0.846. The van der Waals surface area contributed by atoms with Crippen molar-refractivity contribution < 1.29 is 10.2 Å². The molecule has 0 aromatic heterocycles. The Morgan fingerprint density at radius 3 is 2.47 bits per heavy atom. The van der Waals surface area contributed by atoms with E-state index in [4.69, 9.17) is 0 Å². The largest absolute Gasteiger partial charge is 0.393 e. The molecule has 0 aliphatic heterocycles. The lowest BCUT2D eigenvalue weighted by molar-refractivity contribution is -0.0910. The quantitative estimate of drug-likeness (QED) is 0.690. The van der Waals surface area contributed by atoms with Crippen LogP contribution in [0.15, 0.2) is 12.7 Å². The van der Waals surface area contributed by atoms with E-state index in [1.54, 1.807) is 6.08 Å². The summed E-state index contributed by atoms with van der Waals surface area (Å²) < 4.78 is 0. The van der Waals surface area contributed by atoms with Crippen LogP contribution >= 0.6 is 0 Å². The van der Waals surface area contributed by atoms with Crippen molar-refractivity contribution in [3.05, 3.63) is 12.7 Å². The van der Waals surface area contributed by atoms with Gasteiger partial charge in [0.1, 0.15) is 0 Å². The highest BCUT2D eigenvalue weighted by atomic mass is 16.3. The lowest BCUT2D eigenvalue weighted by atomic mass is 9.66. The zero-order chi connectivity index (χ0) is 11.7. The predicted octanol–water partition coefficient (Wildman–Crippen LogP) is 2.50. The average Bonchev–Trinajstić information content (AvgIpc) is 2.00. The normalized spacial score (nSPS) is 37.7. The van der Waals surface area contributed by atoms with Crippen LogP contribution in [0.4, 0.5) is 0 Å². The Bertz CT molecular complexity index is 229. The first-order valence-corrected chi connectivity index (χ1v) is 5.80. The molecule has 2 heteroatoms. The molecule has 0 aromatic rings. The molecule has 0 amide bonds. The van der Waals surface area contributed by atoms with Gasteiger partial charge in [-0.15, -0.1) is 6.58 Å². The van der Waals surface area contributed by atoms with Crippen molar-refractivity contribution in [1.29, 1.82) is 0 Å². The maximum Gasteiger partial charge on any atom is 0.0706 e. The number of hydrogen-bond acceptors (Lipinski definition) is 2. The highest BCUT2D eigenvalue weighted by Gasteiger charge is 2.42. The van der Waals surface area contributed by atoms with Gasteiger partial charge in [-0.1, -0.05) is 26.8 Å². The molecule has 1 fully saturated rings. The van der Waals surface area contributed by atoms with Gasteiger partial charge in [0.05, 0.1) is 11.7 Å². The van der Waals surface area contributed by atoms with Gasteiger partial charge >= 0.3 is 0 Å². The van der Waals surface area contributed by atoms with Crippen LogP contribution in [-0.2, 0) is 0 Å². The molecule has 88 valence electrons. The molecule has 3 atom stereocenters. The molecule has 15 heavy (non-hydrogen) atoms. The number of hydrogen-bond donors (Lipinski definition) is 2. The van der Waals surface area contributed by atoms with Crippen LogP contribution in [0.3, 0.4) is 0 Å². The standard InChI is InChI=1S/C13H24O2/c1-5-7-13(15)8-6-10(11(14)9-13)12(2,3)4/h5,10-11,14-15H,1,6-9H2,2-4H3/t10-,11-,13+/m0/s1. The van der Waals surface area contributed by atoms with Crippen molar-refractivity contribution in [2.45, 2.75) is 58.2 Å². The van der Waals surface area contributed by atoms with Crippen molar-refractivity contribution in [2.75, 3.05) is 0 Å². The summed E-state index contributed by atoms with van der Waals surface area (Å²) in [6.45, 7) is 10.1. The number of aliphatic hydroxyl groups is 2. The van der Waals surface area contributed by atoms with Gasteiger partial charge in [0.2, 0.25) is 0 Å². The number of rotatable bonds is 2. The van der Waals surface area contributed by atoms with Crippen LogP contribution in [0.5, 0.6) is 0 Å². The van der Waals surface area contributed by atoms with E-state index in [1.165, 1.54) is 0 Å². The molecule has 1 aliphatic rings. The second-order valence-electron chi connectivity index (χ2n) is 6.00. The Kier molecular flexibility index (Phi) is 3.62. The van der Waals surface area contributed by atoms with E-state index >= 15 is 0 Å². The molecule has 1 rings (SSSR count). The Hall–Kier alpha value is -0.340. The molecular formula is C13H24O2. The molecule has 0 radical (unpaired) electrons. The van der Waals surface area contributed by atoms with Crippen LogP contribution in [0.25, 0.3) is 0 Å². The molecule has 0 heterocycles. The van der Waals surface area contributed by atoms with Crippen molar-refractivity contribution in [3.63, 3.8) is 0 Å². The monoisotopic (exact) mass is 212 g/mol. The number of aliphatic hydroxyl groups excluding tert-OH is 1. The molecule has 0 bridgehead atoms. The van der Waals surface area contributed by atoms with Gasteiger partial charge in [-0.25, -0.2) is 0 Å². The first kappa shape index (κ1) is 12.7. The predicted molar refractivity (Wildman–Crippen MR) is 62.6 cm³/mol. The molecule has 0 spiro atoms. The van der Waals surface area contributed by atoms with Gasteiger partial charge in [-0.2, -0.15) is 0 Å². The molecule has 0 unspecified atom stereocenters. The Labute approximate surface area is 93.0 Å². The van der Waals surface area contributed by atoms with E-state index in [2.05, 4.69) is 27.4 Å². The summed E-state index contributed by atoms with van der Waals surface area (Å²) in [5.74, 6) is 0.294. The van der Waals surface area contributed by atoms with Crippen molar-refractivity contribution in [1.82, 2.24) is 0 Å². The topological polar surface area (TPSA) is 40.5 Å². The summed E-state index contributed by atoms with van der Waals surface area (Å²) >= 11 is 0. The van der Waals surface area contributed by atoms with E-state index < -0.39 is 5.60 Å². The maximum atomic E-state index is 10.2. The highest BCUT2D eigenvalue weighted by molar-refractivity contribution is 4.97. The van der Waals surface area contributed by atoms with E-state index in [9.17, 15) is 10.2 Å². The van der Waals surface area contributed by atoms with E-state index in [-0.39, 0.29) is 11.5 Å². The van der Waals surface area contributed by atoms with Crippen molar-refractivity contribution >= 4 is 0 Å². The third-order valence-electron chi connectivity index (χ3n) is 3.61. The SMILES string of the molecule is C=CC[C@@]1(O)CC[C@H](C(C)(C)C)[C@@H](O)C1. The minimum atomic E-state index is -0.719. The van der Waals surface area contributed by atoms with E-state index in [0.29, 0.717) is 18.8 Å². The molecule has 1 aliphatic carbocycles. The summed E-state index contributed by atoms with van der Waals surface area (Å²) in [4.78, 5) is 0. The second-order valence-corrected chi connectivity index (χ2v) is 6.00. The Balaban J connectivity index is 2.66. The van der Waals surface area contributed by atoms with Gasteiger partial charge in [0.15, 0.2) is 0 Å². The first-order valence-electron chi connectivity index (χ1n) is 5.80. The third-order valence-corrected chi connectivity index (χ3v) is 3.61. The maximum absolute atomic E-state index is 10.2. The lowest BCUT2D eigenvalue weighted by Gasteiger charge is -2.44. The van der Waals surface area contributed by atoms with Gasteiger partial charge in [-0.3, -0.25) is 0 Å². The van der Waals surface area contributed by atoms with E-state index in [0.717, 1.165) is 12.8 Å². The fourth-order valence-electron chi connectivity index (χ4n) is 2.71. The van der Waals surface area contributed by atoms with Gasteiger partial charge in [-0.05, 0) is 30.6 Å². The Morgan fingerprint density at radius 2 is 2.07 bits per heavy atom. The van der Waals surface area contributed by atoms with Crippen LogP contribution < -0.4 is 0 Å². The van der Waals surface area contributed by atoms with Crippen LogP contribution in [-0.4, -0.2) is 21.9 Å². The minimum Gasteiger partial charge on any atom is -0.393 e. The molecule has 2 nitrogen and oxygen atoms in total. The zero-order valence-electron chi connectivity index (χ0n) is 10.2. The molecule has 0 saturated heterocycles. The smallest absolute Gasteiger partial charge is 0.0706 e. The van der Waals surface area contributed by atoms with Crippen molar-refractivity contribution in [3.8, 4) is 0 Å². The molecule has 0 aromatic carbocycles. The second kappa shape index (κ2) is 4.26. The highest BCUT2D eigenvalue weighted by Crippen LogP contribution is 2.42. The third kappa shape index (κ3) is 3.05. The van der Waals surface area contributed by atoms with Gasteiger partial charge < -0.3 is 10.2 Å². The molecule has 1 saturated carbocycles. The van der Waals surface area contributed by atoms with Crippen LogP contribution in [0, 0.1) is 11.3 Å².